The molecule has 1 saturated heterocycles. The molecular formula is C13H20BrN3OS. The number of nitrogens with zero attached hydrogens (tertiary/aromatic N) is 1. The Morgan fingerprint density at radius 1 is 1.58 bits per heavy atom. The summed E-state index contributed by atoms with van der Waals surface area (Å²) in [4.78, 5) is 15.3. The van der Waals surface area contributed by atoms with Crippen LogP contribution in [0, 0.1) is 5.92 Å². The third-order valence-corrected chi connectivity index (χ3v) is 5.46. The molecule has 0 aliphatic carbocycles. The van der Waals surface area contributed by atoms with Crippen LogP contribution in [0.4, 0.5) is 0 Å². The molecule has 2 rings (SSSR count). The molecule has 1 amide bonds. The molecule has 0 radical (unpaired) electrons. The van der Waals surface area contributed by atoms with Crippen LogP contribution in [0.5, 0.6) is 0 Å². The van der Waals surface area contributed by atoms with Crippen molar-refractivity contribution < 1.29 is 4.79 Å². The average Bonchev–Trinajstić information content (AvgIpc) is 2.86. The van der Waals surface area contributed by atoms with Crippen LogP contribution in [0.3, 0.4) is 0 Å². The molecule has 4 nitrogen and oxygen atoms in total. The minimum absolute atomic E-state index is 0.162. The third-order valence-electron chi connectivity index (χ3n) is 3.73. The Hall–Kier alpha value is -0.430. The number of likely N-dealkylation sites (tertiary alicyclic amines) is 1. The Balaban J connectivity index is 1.97. The van der Waals surface area contributed by atoms with Crippen LogP contribution in [0.15, 0.2) is 15.9 Å². The van der Waals surface area contributed by atoms with Crippen molar-refractivity contribution in [1.29, 1.82) is 0 Å². The molecule has 106 valence electrons. The first-order valence-corrected chi connectivity index (χ1v) is 8.17. The van der Waals surface area contributed by atoms with Crippen LogP contribution in [-0.4, -0.2) is 37.5 Å². The zero-order valence-electron chi connectivity index (χ0n) is 11.1. The Kier molecular flexibility index (Phi) is 5.38. The molecule has 2 heterocycles. The number of hydrogen-bond donors (Lipinski definition) is 2. The van der Waals surface area contributed by atoms with Gasteiger partial charge in [-0.25, -0.2) is 0 Å². The van der Waals surface area contributed by atoms with Gasteiger partial charge in [-0.1, -0.05) is 0 Å². The van der Waals surface area contributed by atoms with E-state index < -0.39 is 0 Å². The standard InChI is InChI=1S/C13H20BrN3OS/c1-16-13(18)9-4-6-17(7-5-9)10(8-15)11-2-3-12(14)19-11/h2-3,9-10H,4-8,15H2,1H3,(H,16,18). The van der Waals surface area contributed by atoms with E-state index in [0.29, 0.717) is 6.54 Å². The minimum Gasteiger partial charge on any atom is -0.359 e. The highest BCUT2D eigenvalue weighted by Crippen LogP contribution is 2.32. The molecule has 1 atom stereocenters. The first kappa shape index (κ1) is 15.0. The van der Waals surface area contributed by atoms with Crippen molar-refractivity contribution in [2.75, 3.05) is 26.7 Å². The number of piperidine rings is 1. The van der Waals surface area contributed by atoms with Gasteiger partial charge < -0.3 is 11.1 Å². The van der Waals surface area contributed by atoms with E-state index in [4.69, 9.17) is 5.73 Å². The molecule has 1 aromatic rings. The van der Waals surface area contributed by atoms with Crippen molar-refractivity contribution in [1.82, 2.24) is 10.2 Å². The summed E-state index contributed by atoms with van der Waals surface area (Å²) in [6.45, 7) is 2.50. The van der Waals surface area contributed by atoms with Crippen LogP contribution >= 0.6 is 27.3 Å². The third kappa shape index (κ3) is 3.56. The summed E-state index contributed by atoms with van der Waals surface area (Å²) in [7, 11) is 1.71. The van der Waals surface area contributed by atoms with E-state index in [2.05, 4.69) is 38.3 Å². The van der Waals surface area contributed by atoms with E-state index in [9.17, 15) is 4.79 Å². The van der Waals surface area contributed by atoms with Crippen molar-refractivity contribution in [3.8, 4) is 0 Å². The van der Waals surface area contributed by atoms with E-state index in [1.165, 1.54) is 4.88 Å². The highest BCUT2D eigenvalue weighted by Gasteiger charge is 2.28. The summed E-state index contributed by atoms with van der Waals surface area (Å²) < 4.78 is 1.14. The zero-order chi connectivity index (χ0) is 13.8. The fourth-order valence-electron chi connectivity index (χ4n) is 2.63. The largest absolute Gasteiger partial charge is 0.359 e. The van der Waals surface area contributed by atoms with Gasteiger partial charge in [-0.2, -0.15) is 0 Å². The van der Waals surface area contributed by atoms with Crippen LogP contribution < -0.4 is 11.1 Å². The van der Waals surface area contributed by atoms with Gasteiger partial charge in [0.25, 0.3) is 0 Å². The quantitative estimate of drug-likeness (QED) is 0.876. The summed E-state index contributed by atoms with van der Waals surface area (Å²) in [6.07, 6.45) is 1.84. The highest BCUT2D eigenvalue weighted by molar-refractivity contribution is 9.11. The van der Waals surface area contributed by atoms with Crippen molar-refractivity contribution in [3.05, 3.63) is 20.8 Å². The number of amides is 1. The summed E-state index contributed by atoms with van der Waals surface area (Å²) in [6, 6.07) is 4.48. The molecule has 1 fully saturated rings. The number of rotatable bonds is 4. The molecule has 1 aliphatic heterocycles. The predicted octanol–water partition coefficient (Wildman–Crippen LogP) is 1.97. The molecule has 3 N–H and O–H groups in total. The summed E-state index contributed by atoms with van der Waals surface area (Å²) in [5.74, 6) is 0.331. The second-order valence-electron chi connectivity index (χ2n) is 4.82. The molecule has 1 aromatic heterocycles. The van der Waals surface area contributed by atoms with E-state index in [-0.39, 0.29) is 17.9 Å². The van der Waals surface area contributed by atoms with Gasteiger partial charge in [0, 0.05) is 24.4 Å². The van der Waals surface area contributed by atoms with Crippen molar-refractivity contribution >= 4 is 33.2 Å². The van der Waals surface area contributed by atoms with Crippen LogP contribution in [0.25, 0.3) is 0 Å². The topological polar surface area (TPSA) is 58.4 Å². The fraction of sp³-hybridized carbons (Fsp3) is 0.615. The fourth-order valence-corrected chi connectivity index (χ4v) is 4.20. The maximum Gasteiger partial charge on any atom is 0.222 e. The van der Waals surface area contributed by atoms with Crippen LogP contribution in [0.1, 0.15) is 23.8 Å². The van der Waals surface area contributed by atoms with Gasteiger partial charge in [-0.05, 0) is 54.0 Å². The Labute approximate surface area is 126 Å². The average molecular weight is 346 g/mol. The van der Waals surface area contributed by atoms with Crippen LogP contribution in [-0.2, 0) is 4.79 Å². The van der Waals surface area contributed by atoms with Gasteiger partial charge in [0.05, 0.1) is 9.83 Å². The number of halogens is 1. The van der Waals surface area contributed by atoms with Crippen molar-refractivity contribution in [3.63, 3.8) is 0 Å². The first-order chi connectivity index (χ1) is 9.15. The lowest BCUT2D eigenvalue weighted by atomic mass is 9.94. The predicted molar refractivity (Wildman–Crippen MR) is 82.2 cm³/mol. The molecule has 1 unspecified atom stereocenters. The van der Waals surface area contributed by atoms with Crippen molar-refractivity contribution in [2.24, 2.45) is 11.7 Å². The van der Waals surface area contributed by atoms with Gasteiger partial charge in [0.1, 0.15) is 0 Å². The molecule has 19 heavy (non-hydrogen) atoms. The maximum absolute atomic E-state index is 11.6. The molecule has 0 aromatic carbocycles. The van der Waals surface area contributed by atoms with Crippen LogP contribution in [0.2, 0.25) is 0 Å². The molecule has 1 aliphatic rings. The number of carbonyl (C=O) groups is 1. The molecule has 0 spiro atoms. The SMILES string of the molecule is CNC(=O)C1CCN(C(CN)c2ccc(Br)s2)CC1. The maximum atomic E-state index is 11.6. The van der Waals surface area contributed by atoms with E-state index >= 15 is 0 Å². The summed E-state index contributed by atoms with van der Waals surface area (Å²) >= 11 is 5.24. The molecule has 6 heteroatoms. The second-order valence-corrected chi connectivity index (χ2v) is 7.31. The Bertz CT molecular complexity index is 429. The lowest BCUT2D eigenvalue weighted by Gasteiger charge is -2.36. The monoisotopic (exact) mass is 345 g/mol. The Morgan fingerprint density at radius 2 is 2.26 bits per heavy atom. The summed E-state index contributed by atoms with van der Waals surface area (Å²) in [5, 5.41) is 2.74. The number of thiophene rings is 1. The van der Waals surface area contributed by atoms with Gasteiger partial charge in [-0.15, -0.1) is 11.3 Å². The zero-order valence-corrected chi connectivity index (χ0v) is 13.5. The lowest BCUT2D eigenvalue weighted by molar-refractivity contribution is -0.126. The van der Waals surface area contributed by atoms with Crippen molar-refractivity contribution in [2.45, 2.75) is 18.9 Å². The first-order valence-electron chi connectivity index (χ1n) is 6.56. The molecule has 0 bridgehead atoms. The van der Waals surface area contributed by atoms with E-state index in [1.807, 2.05) is 0 Å². The van der Waals surface area contributed by atoms with E-state index in [1.54, 1.807) is 18.4 Å². The molecule has 0 saturated carbocycles. The minimum atomic E-state index is 0.162. The Morgan fingerprint density at radius 3 is 2.74 bits per heavy atom. The summed E-state index contributed by atoms with van der Waals surface area (Å²) in [5.41, 5.74) is 5.94. The van der Waals surface area contributed by atoms with Gasteiger partial charge in [0.15, 0.2) is 0 Å². The van der Waals surface area contributed by atoms with Gasteiger partial charge >= 0.3 is 0 Å². The number of carbonyl (C=O) groups excluding carboxylic acids is 1. The highest BCUT2D eigenvalue weighted by atomic mass is 79.9. The smallest absolute Gasteiger partial charge is 0.222 e. The lowest BCUT2D eigenvalue weighted by Crippen LogP contribution is -2.42. The normalized spacial score (nSPS) is 19.3. The second kappa shape index (κ2) is 6.83. The molecular weight excluding hydrogens is 326 g/mol. The van der Waals surface area contributed by atoms with Gasteiger partial charge in [0.2, 0.25) is 5.91 Å². The number of nitrogens with one attached hydrogen (secondary N) is 1. The van der Waals surface area contributed by atoms with Gasteiger partial charge in [-0.3, -0.25) is 9.69 Å². The number of hydrogen-bond acceptors (Lipinski definition) is 4. The van der Waals surface area contributed by atoms with E-state index in [0.717, 1.165) is 29.7 Å². The number of nitrogens with two attached hydrogens (primary N) is 1.